The van der Waals surface area contributed by atoms with E-state index in [1.807, 2.05) is 24.3 Å². The van der Waals surface area contributed by atoms with Crippen LogP contribution >= 0.6 is 0 Å². The summed E-state index contributed by atoms with van der Waals surface area (Å²) in [4.78, 5) is 24.6. The van der Waals surface area contributed by atoms with Crippen LogP contribution in [0, 0.1) is 11.8 Å². The van der Waals surface area contributed by atoms with Crippen molar-refractivity contribution in [1.82, 2.24) is 10.6 Å². The van der Waals surface area contributed by atoms with E-state index < -0.39 is 0 Å². The molecule has 25 heavy (non-hydrogen) atoms. The molecule has 0 radical (unpaired) electrons. The lowest BCUT2D eigenvalue weighted by Gasteiger charge is -2.27. The minimum atomic E-state index is 0.0986. The van der Waals surface area contributed by atoms with Gasteiger partial charge in [-0.1, -0.05) is 25.0 Å². The van der Waals surface area contributed by atoms with Crippen LogP contribution in [-0.4, -0.2) is 24.4 Å². The third-order valence-electron chi connectivity index (χ3n) is 5.38. The SMILES string of the molecule is C[C@H]1C[C@@H](C(=O)NCc2cccc(NC(=O)C3CCCC3)c2)CCN1. The number of carbonyl (C=O) groups is 2. The first kappa shape index (κ1) is 17.9. The van der Waals surface area contributed by atoms with Gasteiger partial charge in [0.2, 0.25) is 11.8 Å². The summed E-state index contributed by atoms with van der Waals surface area (Å²) in [5.41, 5.74) is 1.83. The Labute approximate surface area is 150 Å². The number of amides is 2. The topological polar surface area (TPSA) is 70.2 Å². The average molecular weight is 343 g/mol. The number of benzene rings is 1. The second-order valence-corrected chi connectivity index (χ2v) is 7.47. The number of rotatable bonds is 5. The second kappa shape index (κ2) is 8.48. The van der Waals surface area contributed by atoms with Gasteiger partial charge in [-0.05, 0) is 56.8 Å². The largest absolute Gasteiger partial charge is 0.352 e. The van der Waals surface area contributed by atoms with Gasteiger partial charge in [0.15, 0.2) is 0 Å². The highest BCUT2D eigenvalue weighted by Gasteiger charge is 2.24. The second-order valence-electron chi connectivity index (χ2n) is 7.47. The molecule has 3 rings (SSSR count). The highest BCUT2D eigenvalue weighted by atomic mass is 16.2. The molecule has 5 nitrogen and oxygen atoms in total. The van der Waals surface area contributed by atoms with Crippen molar-refractivity contribution in [3.63, 3.8) is 0 Å². The maximum absolute atomic E-state index is 12.3. The molecule has 0 bridgehead atoms. The number of anilines is 1. The van der Waals surface area contributed by atoms with Gasteiger partial charge in [0.1, 0.15) is 0 Å². The standard InChI is InChI=1S/C20H29N3O2/c1-14-11-17(9-10-21-14)19(24)22-13-15-5-4-8-18(12-15)23-20(25)16-6-2-3-7-16/h4-5,8,12,14,16-17,21H,2-3,6-7,9-11,13H2,1H3,(H,22,24)(H,23,25)/t14-,17-/m0/s1. The van der Waals surface area contributed by atoms with Crippen molar-refractivity contribution in [3.8, 4) is 0 Å². The van der Waals surface area contributed by atoms with E-state index in [0.717, 1.165) is 56.3 Å². The number of nitrogens with one attached hydrogen (secondary N) is 3. The summed E-state index contributed by atoms with van der Waals surface area (Å²) in [6.45, 7) is 3.53. The fraction of sp³-hybridized carbons (Fsp3) is 0.600. The van der Waals surface area contributed by atoms with Crippen molar-refractivity contribution in [2.75, 3.05) is 11.9 Å². The predicted octanol–water partition coefficient (Wildman–Crippen LogP) is 2.82. The van der Waals surface area contributed by atoms with Crippen molar-refractivity contribution in [3.05, 3.63) is 29.8 Å². The van der Waals surface area contributed by atoms with Crippen LogP contribution in [0.2, 0.25) is 0 Å². The van der Waals surface area contributed by atoms with Gasteiger partial charge in [0, 0.05) is 30.1 Å². The Bertz CT molecular complexity index is 611. The number of hydrogen-bond donors (Lipinski definition) is 3. The Morgan fingerprint density at radius 3 is 2.68 bits per heavy atom. The Morgan fingerprint density at radius 2 is 1.92 bits per heavy atom. The van der Waals surface area contributed by atoms with Gasteiger partial charge in [-0.25, -0.2) is 0 Å². The van der Waals surface area contributed by atoms with Crippen LogP contribution in [0.25, 0.3) is 0 Å². The third-order valence-corrected chi connectivity index (χ3v) is 5.38. The Kier molecular flexibility index (Phi) is 6.08. The van der Waals surface area contributed by atoms with Crippen LogP contribution in [0.3, 0.4) is 0 Å². The Hall–Kier alpha value is -1.88. The Balaban J connectivity index is 1.51. The van der Waals surface area contributed by atoms with E-state index in [2.05, 4.69) is 22.9 Å². The van der Waals surface area contributed by atoms with E-state index in [9.17, 15) is 9.59 Å². The third kappa shape index (κ3) is 5.05. The normalized spacial score (nSPS) is 24.0. The molecule has 1 aromatic rings. The summed E-state index contributed by atoms with van der Waals surface area (Å²) in [5, 5.41) is 9.44. The molecular formula is C20H29N3O2. The van der Waals surface area contributed by atoms with Crippen molar-refractivity contribution < 1.29 is 9.59 Å². The number of hydrogen-bond acceptors (Lipinski definition) is 3. The zero-order valence-electron chi connectivity index (χ0n) is 15.0. The summed E-state index contributed by atoms with van der Waals surface area (Å²) >= 11 is 0. The fourth-order valence-electron chi connectivity index (χ4n) is 3.89. The molecule has 2 amide bonds. The fourth-order valence-corrected chi connectivity index (χ4v) is 3.89. The van der Waals surface area contributed by atoms with E-state index in [4.69, 9.17) is 0 Å². The smallest absolute Gasteiger partial charge is 0.227 e. The molecule has 0 unspecified atom stereocenters. The van der Waals surface area contributed by atoms with Gasteiger partial charge in [0.25, 0.3) is 0 Å². The quantitative estimate of drug-likeness (QED) is 0.770. The monoisotopic (exact) mass is 343 g/mol. The molecular weight excluding hydrogens is 314 g/mol. The highest BCUT2D eigenvalue weighted by molar-refractivity contribution is 5.92. The molecule has 0 aromatic heterocycles. The molecule has 0 spiro atoms. The van der Waals surface area contributed by atoms with Crippen LogP contribution in [0.4, 0.5) is 5.69 Å². The van der Waals surface area contributed by atoms with E-state index in [0.29, 0.717) is 12.6 Å². The summed E-state index contributed by atoms with van der Waals surface area (Å²) in [7, 11) is 0. The lowest BCUT2D eigenvalue weighted by molar-refractivity contribution is -0.126. The summed E-state index contributed by atoms with van der Waals surface area (Å²) in [6.07, 6.45) is 6.09. The predicted molar refractivity (Wildman–Crippen MR) is 99.1 cm³/mol. The number of carbonyl (C=O) groups excluding carboxylic acids is 2. The lowest BCUT2D eigenvalue weighted by atomic mass is 9.92. The van der Waals surface area contributed by atoms with Crippen LogP contribution in [-0.2, 0) is 16.1 Å². The van der Waals surface area contributed by atoms with E-state index in [-0.39, 0.29) is 23.7 Å². The molecule has 136 valence electrons. The first-order chi connectivity index (χ1) is 12.1. The molecule has 2 fully saturated rings. The molecule has 1 heterocycles. The van der Waals surface area contributed by atoms with E-state index in [1.165, 1.54) is 0 Å². The zero-order chi connectivity index (χ0) is 17.6. The molecule has 2 aliphatic rings. The number of piperidine rings is 1. The van der Waals surface area contributed by atoms with Crippen molar-refractivity contribution in [2.45, 2.75) is 58.0 Å². The van der Waals surface area contributed by atoms with Crippen molar-refractivity contribution >= 4 is 17.5 Å². The first-order valence-corrected chi connectivity index (χ1v) is 9.52. The van der Waals surface area contributed by atoms with Crippen LogP contribution in [0.1, 0.15) is 51.0 Å². The minimum Gasteiger partial charge on any atom is -0.352 e. The molecule has 5 heteroatoms. The maximum Gasteiger partial charge on any atom is 0.227 e. The zero-order valence-corrected chi connectivity index (χ0v) is 15.0. The van der Waals surface area contributed by atoms with Gasteiger partial charge in [-0.2, -0.15) is 0 Å². The molecule has 1 aliphatic carbocycles. The molecule has 1 aliphatic heterocycles. The first-order valence-electron chi connectivity index (χ1n) is 9.52. The highest BCUT2D eigenvalue weighted by Crippen LogP contribution is 2.26. The van der Waals surface area contributed by atoms with Crippen LogP contribution in [0.5, 0.6) is 0 Å². The molecule has 1 aromatic carbocycles. The molecule has 2 atom stereocenters. The summed E-state index contributed by atoms with van der Waals surface area (Å²) < 4.78 is 0. The van der Waals surface area contributed by atoms with Crippen LogP contribution in [0.15, 0.2) is 24.3 Å². The average Bonchev–Trinajstić information content (AvgIpc) is 3.15. The van der Waals surface area contributed by atoms with Gasteiger partial charge >= 0.3 is 0 Å². The van der Waals surface area contributed by atoms with E-state index >= 15 is 0 Å². The maximum atomic E-state index is 12.3. The minimum absolute atomic E-state index is 0.0986. The van der Waals surface area contributed by atoms with Crippen molar-refractivity contribution in [1.29, 1.82) is 0 Å². The van der Waals surface area contributed by atoms with Crippen LogP contribution < -0.4 is 16.0 Å². The summed E-state index contributed by atoms with van der Waals surface area (Å²) in [6, 6.07) is 8.18. The van der Waals surface area contributed by atoms with Gasteiger partial charge < -0.3 is 16.0 Å². The van der Waals surface area contributed by atoms with Gasteiger partial charge in [-0.15, -0.1) is 0 Å². The lowest BCUT2D eigenvalue weighted by Crippen LogP contribution is -2.42. The van der Waals surface area contributed by atoms with Crippen molar-refractivity contribution in [2.24, 2.45) is 11.8 Å². The summed E-state index contributed by atoms with van der Waals surface area (Å²) in [5.74, 6) is 0.517. The molecule has 1 saturated heterocycles. The van der Waals surface area contributed by atoms with E-state index in [1.54, 1.807) is 0 Å². The van der Waals surface area contributed by atoms with Gasteiger partial charge in [-0.3, -0.25) is 9.59 Å². The Morgan fingerprint density at radius 1 is 1.12 bits per heavy atom. The molecule has 3 N–H and O–H groups in total. The van der Waals surface area contributed by atoms with Gasteiger partial charge in [0.05, 0.1) is 0 Å². The molecule has 1 saturated carbocycles.